The van der Waals surface area contributed by atoms with Gasteiger partial charge < -0.3 is 18.9 Å². The highest BCUT2D eigenvalue weighted by Gasteiger charge is 2.55. The lowest BCUT2D eigenvalue weighted by atomic mass is 9.47. The molecule has 8 aliphatic carbocycles. The molecule has 12 rings (SSSR count). The van der Waals surface area contributed by atoms with E-state index < -0.39 is 0 Å². The van der Waals surface area contributed by atoms with Crippen molar-refractivity contribution < 1.29 is 18.9 Å². The van der Waals surface area contributed by atoms with E-state index in [1.165, 1.54) is 93.4 Å². The molecular weight excluding hydrogens is 496 g/mol. The summed E-state index contributed by atoms with van der Waals surface area (Å²) in [7, 11) is 0. The molecule has 0 amide bonds. The van der Waals surface area contributed by atoms with Crippen molar-refractivity contribution in [3.05, 3.63) is 35.4 Å². The normalized spacial score (nSPS) is 45.3. The zero-order valence-electron chi connectivity index (χ0n) is 23.9. The summed E-state index contributed by atoms with van der Waals surface area (Å²) in [6.07, 6.45) is 17.6. The van der Waals surface area contributed by atoms with E-state index in [0.29, 0.717) is 18.6 Å². The van der Waals surface area contributed by atoms with E-state index in [1.807, 2.05) is 0 Å². The maximum atomic E-state index is 6.84. The van der Waals surface area contributed by atoms with Crippen LogP contribution in [0.25, 0.3) is 10.8 Å². The van der Waals surface area contributed by atoms with Gasteiger partial charge in [0.1, 0.15) is 25.4 Å². The van der Waals surface area contributed by atoms with Crippen molar-refractivity contribution in [3.63, 3.8) is 0 Å². The molecule has 0 N–H and O–H groups in total. The second-order valence-electron chi connectivity index (χ2n) is 15.9. The fourth-order valence-corrected chi connectivity index (χ4v) is 12.0. The molecule has 0 radical (unpaired) electrons. The molecule has 2 aliphatic heterocycles. The molecule has 4 heteroatoms. The molecule has 8 bridgehead atoms. The van der Waals surface area contributed by atoms with Crippen LogP contribution in [0.3, 0.4) is 0 Å². The topological polar surface area (TPSA) is 43.5 Å². The monoisotopic (exact) mass is 540 g/mol. The van der Waals surface area contributed by atoms with Crippen molar-refractivity contribution in [2.75, 3.05) is 26.4 Å². The van der Waals surface area contributed by atoms with Crippen molar-refractivity contribution >= 4 is 10.8 Å². The minimum atomic E-state index is 0.224. The van der Waals surface area contributed by atoms with E-state index in [2.05, 4.69) is 24.3 Å². The van der Waals surface area contributed by atoms with E-state index in [9.17, 15) is 0 Å². The van der Waals surface area contributed by atoms with Crippen molar-refractivity contribution in [2.24, 2.45) is 35.5 Å². The van der Waals surface area contributed by atoms with Gasteiger partial charge in [0.05, 0.1) is 13.2 Å². The molecule has 2 aromatic rings. The molecule has 2 unspecified atom stereocenters. The first-order valence-corrected chi connectivity index (χ1v) is 16.7. The molecule has 0 spiro atoms. The third-order valence-corrected chi connectivity index (χ3v) is 12.9. The van der Waals surface area contributed by atoms with Crippen LogP contribution in [0.2, 0.25) is 0 Å². The van der Waals surface area contributed by atoms with Crippen LogP contribution < -0.4 is 9.47 Å². The van der Waals surface area contributed by atoms with E-state index in [1.54, 1.807) is 5.56 Å². The molecule has 2 aromatic carbocycles. The molecule has 2 heterocycles. The summed E-state index contributed by atoms with van der Waals surface area (Å²) < 4.78 is 24.6. The van der Waals surface area contributed by atoms with Crippen LogP contribution in [-0.4, -0.2) is 38.6 Å². The summed E-state index contributed by atoms with van der Waals surface area (Å²) >= 11 is 0. The lowest BCUT2D eigenvalue weighted by Gasteiger charge is -2.58. The molecule has 212 valence electrons. The highest BCUT2D eigenvalue weighted by atomic mass is 16.6. The van der Waals surface area contributed by atoms with Crippen LogP contribution >= 0.6 is 0 Å². The van der Waals surface area contributed by atoms with Gasteiger partial charge in [-0.3, -0.25) is 0 Å². The van der Waals surface area contributed by atoms with E-state index in [4.69, 9.17) is 18.9 Å². The zero-order chi connectivity index (χ0) is 26.1. The number of benzene rings is 2. The van der Waals surface area contributed by atoms with Crippen molar-refractivity contribution in [2.45, 2.75) is 100 Å². The third-order valence-electron chi connectivity index (χ3n) is 12.9. The molecule has 10 fully saturated rings. The quantitative estimate of drug-likeness (QED) is 0.329. The first kappa shape index (κ1) is 23.7. The average molecular weight is 541 g/mol. The molecular formula is C36H44O4. The molecule has 10 aliphatic rings. The minimum Gasteiger partial charge on any atom is -0.487 e. The van der Waals surface area contributed by atoms with Crippen LogP contribution in [0.15, 0.2) is 24.3 Å². The van der Waals surface area contributed by atoms with E-state index >= 15 is 0 Å². The number of ether oxygens (including phenoxy) is 4. The number of fused-ring (bicyclic) bond motifs is 1. The first-order chi connectivity index (χ1) is 19.6. The number of hydrogen-bond acceptors (Lipinski definition) is 4. The predicted molar refractivity (Wildman–Crippen MR) is 154 cm³/mol. The summed E-state index contributed by atoms with van der Waals surface area (Å²) in [6.45, 7) is 2.89. The molecule has 4 nitrogen and oxygen atoms in total. The van der Waals surface area contributed by atoms with Gasteiger partial charge in [-0.15, -0.1) is 0 Å². The molecule has 0 aromatic heterocycles. The maximum absolute atomic E-state index is 6.84. The molecule has 8 saturated carbocycles. The van der Waals surface area contributed by atoms with Gasteiger partial charge in [-0.2, -0.15) is 0 Å². The van der Waals surface area contributed by atoms with Crippen LogP contribution in [-0.2, 0) is 20.3 Å². The largest absolute Gasteiger partial charge is 0.487 e. The third kappa shape index (κ3) is 3.77. The standard InChI is InChI=1S/C36H44O4/c1-2-28(35-11-21-3-22(12-35)5-23(4-21)13-35)10-31-27(1)9-32(39-19-29-17-37-29)34(40-20-30-18-38-30)33(31)36-14-24-6-25(15-36)8-26(7-24)16-36/h1-2,9-10,21-26,29-30H,3-8,11-20H2. The van der Waals surface area contributed by atoms with Crippen LogP contribution in [0.4, 0.5) is 0 Å². The van der Waals surface area contributed by atoms with Crippen molar-refractivity contribution in [1.82, 2.24) is 0 Å². The number of rotatable bonds is 8. The summed E-state index contributed by atoms with van der Waals surface area (Å²) in [4.78, 5) is 0. The Bertz CT molecular complexity index is 1280. The second kappa shape index (κ2) is 8.40. The Kier molecular flexibility index (Phi) is 4.99. The Morgan fingerprint density at radius 2 is 1.12 bits per heavy atom. The maximum Gasteiger partial charge on any atom is 0.165 e. The van der Waals surface area contributed by atoms with E-state index in [0.717, 1.165) is 60.2 Å². The van der Waals surface area contributed by atoms with Crippen molar-refractivity contribution in [1.29, 1.82) is 0 Å². The number of hydrogen-bond donors (Lipinski definition) is 0. The van der Waals surface area contributed by atoms with Gasteiger partial charge >= 0.3 is 0 Å². The predicted octanol–water partition coefficient (Wildman–Crippen LogP) is 7.33. The highest BCUT2D eigenvalue weighted by molar-refractivity contribution is 5.92. The van der Waals surface area contributed by atoms with Crippen LogP contribution in [0.1, 0.15) is 88.2 Å². The Balaban J connectivity index is 1.16. The van der Waals surface area contributed by atoms with Crippen LogP contribution in [0, 0.1) is 35.5 Å². The summed E-state index contributed by atoms with van der Waals surface area (Å²) in [5, 5.41) is 2.83. The Hall–Kier alpha value is -1.78. The Morgan fingerprint density at radius 1 is 0.625 bits per heavy atom. The lowest BCUT2D eigenvalue weighted by molar-refractivity contribution is -0.00641. The second-order valence-corrected chi connectivity index (χ2v) is 15.9. The highest BCUT2D eigenvalue weighted by Crippen LogP contribution is 2.65. The first-order valence-electron chi connectivity index (χ1n) is 16.7. The van der Waals surface area contributed by atoms with Crippen molar-refractivity contribution in [3.8, 4) is 11.5 Å². The SMILES string of the molecule is c1cc2cc(OCC3CO3)c(OCC3CO3)c(C34CC5CC(CC(C5)C3)C4)c2cc1C12CC3CC(CC(C3)C1)C2. The van der Waals surface area contributed by atoms with Crippen LogP contribution in [0.5, 0.6) is 11.5 Å². The summed E-state index contributed by atoms with van der Waals surface area (Å²) in [5.74, 6) is 7.53. The fraction of sp³-hybridized carbons (Fsp3) is 0.722. The Morgan fingerprint density at radius 3 is 1.65 bits per heavy atom. The lowest BCUT2D eigenvalue weighted by Crippen LogP contribution is -2.49. The zero-order valence-corrected chi connectivity index (χ0v) is 23.9. The smallest absolute Gasteiger partial charge is 0.165 e. The average Bonchev–Trinajstić information content (AvgIpc) is 3.84. The van der Waals surface area contributed by atoms with Gasteiger partial charge in [0, 0.05) is 11.0 Å². The molecule has 40 heavy (non-hydrogen) atoms. The van der Waals surface area contributed by atoms with E-state index in [-0.39, 0.29) is 17.6 Å². The minimum absolute atomic E-state index is 0.224. The summed E-state index contributed by atoms with van der Waals surface area (Å²) in [6, 6.07) is 9.96. The Labute approximate surface area is 238 Å². The van der Waals surface area contributed by atoms with Gasteiger partial charge in [-0.05, 0) is 140 Å². The number of epoxide rings is 2. The fourth-order valence-electron chi connectivity index (χ4n) is 12.0. The molecule has 2 saturated heterocycles. The summed E-state index contributed by atoms with van der Waals surface area (Å²) in [5.41, 5.74) is 3.79. The van der Waals surface area contributed by atoms with Gasteiger partial charge in [0.15, 0.2) is 11.5 Å². The van der Waals surface area contributed by atoms with Gasteiger partial charge in [-0.1, -0.05) is 18.2 Å². The molecule has 2 atom stereocenters. The van der Waals surface area contributed by atoms with Gasteiger partial charge in [0.2, 0.25) is 0 Å². The van der Waals surface area contributed by atoms with Gasteiger partial charge in [0.25, 0.3) is 0 Å². The van der Waals surface area contributed by atoms with Gasteiger partial charge in [-0.25, -0.2) is 0 Å².